The van der Waals surface area contributed by atoms with Gasteiger partial charge in [-0.1, -0.05) is 33.8 Å². The Morgan fingerprint density at radius 3 is 1.95 bits per heavy atom. The molecule has 1 aromatic carbocycles. The van der Waals surface area contributed by atoms with Crippen molar-refractivity contribution in [3.8, 4) is 0 Å². The molecule has 2 heterocycles. The van der Waals surface area contributed by atoms with E-state index in [9.17, 15) is 35.9 Å². The molecular weight excluding hydrogens is 584 g/mol. The van der Waals surface area contributed by atoms with Crippen LogP contribution in [0, 0.1) is 0 Å². The van der Waals surface area contributed by atoms with Crippen molar-refractivity contribution in [1.82, 2.24) is 9.97 Å². The predicted molar refractivity (Wildman–Crippen MR) is 147 cm³/mol. The molecule has 7 nitrogen and oxygen atoms in total. The molecule has 0 bridgehead atoms. The van der Waals surface area contributed by atoms with Crippen LogP contribution in [0.3, 0.4) is 0 Å². The smallest absolute Gasteiger partial charge is 0.434 e. The van der Waals surface area contributed by atoms with E-state index in [2.05, 4.69) is 14.7 Å². The quantitative estimate of drug-likeness (QED) is 0.218. The second-order valence-corrected chi connectivity index (χ2v) is 16.9. The van der Waals surface area contributed by atoms with E-state index in [1.165, 1.54) is 17.3 Å². The number of aromatic nitrogens is 2. The van der Waals surface area contributed by atoms with Crippen LogP contribution < -0.4 is 15.5 Å². The standard InChI is InChI=1S/C28H35F6N3O4Si/c1-16(2)42(17(3)4,24-35-11-9-12-36-24)21-14-18-10-8-13-37(25(39)41-26(5,6)7)20(18)15-19(21)22(38)40-23(27(29,30)31)28(32,33)34/h9,11-12,14-17,23H,8,10,13H2,1-7H3. The minimum absolute atomic E-state index is 0.158. The second-order valence-electron chi connectivity index (χ2n) is 11.9. The van der Waals surface area contributed by atoms with Crippen LogP contribution in [-0.2, 0) is 15.9 Å². The van der Waals surface area contributed by atoms with E-state index in [-0.39, 0.29) is 28.5 Å². The number of hydrogen-bond acceptors (Lipinski definition) is 6. The average molecular weight is 620 g/mol. The van der Waals surface area contributed by atoms with Crippen molar-refractivity contribution in [3.05, 3.63) is 41.7 Å². The molecule has 0 N–H and O–H groups in total. The molecule has 0 radical (unpaired) electrons. The molecule has 2 aromatic rings. The average Bonchev–Trinajstić information content (AvgIpc) is 2.84. The number of esters is 1. The Balaban J connectivity index is 2.36. The molecule has 1 aliphatic heterocycles. The highest BCUT2D eigenvalue weighted by atomic mass is 28.3. The van der Waals surface area contributed by atoms with Crippen LogP contribution in [-0.4, -0.2) is 60.7 Å². The summed E-state index contributed by atoms with van der Waals surface area (Å²) < 4.78 is 90.5. The zero-order valence-electron chi connectivity index (χ0n) is 24.5. The normalized spacial score (nSPS) is 14.8. The summed E-state index contributed by atoms with van der Waals surface area (Å²) >= 11 is 0. The van der Waals surface area contributed by atoms with Crippen LogP contribution in [0.5, 0.6) is 0 Å². The fraction of sp³-hybridized carbons (Fsp3) is 0.571. The molecule has 42 heavy (non-hydrogen) atoms. The fourth-order valence-corrected chi connectivity index (χ4v) is 11.0. The highest BCUT2D eigenvalue weighted by Gasteiger charge is 2.60. The maximum atomic E-state index is 13.5. The molecule has 0 spiro atoms. The third-order valence-electron chi connectivity index (χ3n) is 7.19. The number of nitrogens with zero attached hydrogens (tertiary/aromatic N) is 3. The Hall–Kier alpha value is -3.16. The lowest BCUT2D eigenvalue weighted by Crippen LogP contribution is -2.66. The zero-order chi connectivity index (χ0) is 31.8. The van der Waals surface area contributed by atoms with Gasteiger partial charge in [0, 0.05) is 18.9 Å². The van der Waals surface area contributed by atoms with Gasteiger partial charge in [0.1, 0.15) is 11.0 Å². The summed E-state index contributed by atoms with van der Waals surface area (Å²) in [5, 5.41) is 0.247. The van der Waals surface area contributed by atoms with Gasteiger partial charge >= 0.3 is 24.4 Å². The van der Waals surface area contributed by atoms with Crippen molar-refractivity contribution in [2.75, 3.05) is 11.4 Å². The molecule has 1 aliphatic rings. The Bertz CT molecular complexity index is 1270. The Morgan fingerprint density at radius 2 is 1.48 bits per heavy atom. The number of benzene rings is 1. The number of halogens is 6. The van der Waals surface area contributed by atoms with Crippen molar-refractivity contribution in [3.63, 3.8) is 0 Å². The molecule has 0 saturated carbocycles. The summed E-state index contributed by atoms with van der Waals surface area (Å²) in [6.45, 7) is 12.6. The summed E-state index contributed by atoms with van der Waals surface area (Å²) in [6, 6.07) is 4.36. The zero-order valence-corrected chi connectivity index (χ0v) is 25.5. The first-order chi connectivity index (χ1) is 19.2. The first-order valence-electron chi connectivity index (χ1n) is 13.5. The SMILES string of the molecule is CC(C)[Si](c1ncccn1)(c1cc2c(cc1C(=O)OC(C(F)(F)F)C(F)(F)F)N(C(=O)OC(C)(C)C)CCC2)C(C)C. The van der Waals surface area contributed by atoms with Crippen molar-refractivity contribution in [1.29, 1.82) is 0 Å². The number of alkyl halides is 6. The summed E-state index contributed by atoms with van der Waals surface area (Å²) in [7, 11) is -3.32. The van der Waals surface area contributed by atoms with Crippen molar-refractivity contribution in [2.45, 2.75) is 96.4 Å². The molecule has 0 atom stereocenters. The summed E-state index contributed by atoms with van der Waals surface area (Å²) in [4.78, 5) is 36.8. The van der Waals surface area contributed by atoms with Crippen LogP contribution in [0.4, 0.5) is 36.8 Å². The van der Waals surface area contributed by atoms with E-state index in [1.807, 2.05) is 27.7 Å². The Labute approximate surface area is 241 Å². The summed E-state index contributed by atoms with van der Waals surface area (Å²) in [5.41, 5.74) is -0.768. The first kappa shape index (κ1) is 33.3. The number of ether oxygens (including phenoxy) is 2. The number of rotatable bonds is 6. The lowest BCUT2D eigenvalue weighted by molar-refractivity contribution is -0.307. The predicted octanol–water partition coefficient (Wildman–Crippen LogP) is 6.20. The van der Waals surface area contributed by atoms with Gasteiger partial charge < -0.3 is 9.47 Å². The van der Waals surface area contributed by atoms with Gasteiger partial charge in [0.05, 0.1) is 11.3 Å². The number of hydrogen-bond donors (Lipinski definition) is 0. The number of carbonyl (C=O) groups excluding carboxylic acids is 2. The van der Waals surface area contributed by atoms with Crippen molar-refractivity contribution < 1.29 is 45.4 Å². The number of aryl methyl sites for hydroxylation is 1. The first-order valence-corrected chi connectivity index (χ1v) is 15.7. The number of carbonyl (C=O) groups is 2. The van der Waals surface area contributed by atoms with E-state index in [0.717, 1.165) is 6.07 Å². The molecule has 1 amide bonds. The molecule has 1 aromatic heterocycles. The van der Waals surface area contributed by atoms with Gasteiger partial charge in [-0.05, 0) is 67.6 Å². The molecular formula is C28H35F6N3O4Si. The van der Waals surface area contributed by atoms with Crippen LogP contribution in [0.1, 0.15) is 70.8 Å². The third kappa shape index (κ3) is 6.73. The fourth-order valence-electron chi connectivity index (χ4n) is 5.58. The largest absolute Gasteiger partial charge is 0.443 e. The second kappa shape index (κ2) is 11.8. The van der Waals surface area contributed by atoms with Crippen LogP contribution in [0.2, 0.25) is 11.1 Å². The molecule has 3 rings (SSSR count). The van der Waals surface area contributed by atoms with Gasteiger partial charge in [-0.2, -0.15) is 26.3 Å². The molecule has 14 heteroatoms. The molecule has 232 valence electrons. The lowest BCUT2D eigenvalue weighted by Gasteiger charge is -2.40. The number of fused-ring (bicyclic) bond motifs is 1. The van der Waals surface area contributed by atoms with E-state index in [0.29, 0.717) is 23.9 Å². The number of anilines is 1. The van der Waals surface area contributed by atoms with Gasteiger partial charge in [0.15, 0.2) is 8.07 Å². The van der Waals surface area contributed by atoms with Crippen LogP contribution >= 0.6 is 0 Å². The van der Waals surface area contributed by atoms with E-state index >= 15 is 0 Å². The van der Waals surface area contributed by atoms with E-state index < -0.39 is 49.8 Å². The van der Waals surface area contributed by atoms with Gasteiger partial charge in [0.2, 0.25) is 0 Å². The molecule has 0 unspecified atom stereocenters. The highest BCUT2D eigenvalue weighted by Crippen LogP contribution is 2.39. The molecule has 0 saturated heterocycles. The third-order valence-corrected chi connectivity index (χ3v) is 13.1. The Kier molecular flexibility index (Phi) is 9.40. The number of amides is 1. The maximum Gasteiger partial charge on any atom is 0.434 e. The van der Waals surface area contributed by atoms with E-state index in [4.69, 9.17) is 4.74 Å². The monoisotopic (exact) mass is 619 g/mol. The summed E-state index contributed by atoms with van der Waals surface area (Å²) in [6.07, 6.45) is -13.0. The minimum Gasteiger partial charge on any atom is -0.443 e. The topological polar surface area (TPSA) is 81.6 Å². The minimum atomic E-state index is -5.90. The molecule has 0 aliphatic carbocycles. The van der Waals surface area contributed by atoms with E-state index in [1.54, 1.807) is 32.9 Å². The van der Waals surface area contributed by atoms with Crippen LogP contribution in [0.15, 0.2) is 30.6 Å². The van der Waals surface area contributed by atoms with Gasteiger partial charge in [-0.15, -0.1) is 0 Å². The summed E-state index contributed by atoms with van der Waals surface area (Å²) in [5.74, 6) is -1.81. The van der Waals surface area contributed by atoms with Gasteiger partial charge in [-0.3, -0.25) is 4.90 Å². The van der Waals surface area contributed by atoms with Gasteiger partial charge in [-0.25, -0.2) is 19.6 Å². The van der Waals surface area contributed by atoms with Crippen molar-refractivity contribution in [2.24, 2.45) is 0 Å². The van der Waals surface area contributed by atoms with Gasteiger partial charge in [0.25, 0.3) is 6.10 Å². The molecule has 0 fully saturated rings. The Morgan fingerprint density at radius 1 is 0.929 bits per heavy atom. The van der Waals surface area contributed by atoms with Crippen LogP contribution in [0.25, 0.3) is 0 Å². The highest BCUT2D eigenvalue weighted by molar-refractivity contribution is 7.03. The maximum absolute atomic E-state index is 13.5. The van der Waals surface area contributed by atoms with Crippen molar-refractivity contribution >= 4 is 36.5 Å². The lowest BCUT2D eigenvalue weighted by atomic mass is 9.99.